The van der Waals surface area contributed by atoms with Crippen molar-refractivity contribution in [3.05, 3.63) is 12.2 Å². The Morgan fingerprint density at radius 2 is 2.14 bits per heavy atom. The zero-order valence-electron chi connectivity index (χ0n) is 9.59. The van der Waals surface area contributed by atoms with Crippen molar-refractivity contribution in [2.24, 2.45) is 5.92 Å². The Hall–Kier alpha value is -0.830. The van der Waals surface area contributed by atoms with Crippen molar-refractivity contribution in [3.8, 4) is 0 Å². The molecule has 0 aromatic carbocycles. The highest BCUT2D eigenvalue weighted by Gasteiger charge is 2.11. The second-order valence-corrected chi connectivity index (χ2v) is 4.52. The largest absolute Gasteiger partial charge is 0.462 e. The molecule has 1 N–H and O–H groups in total. The first-order valence-electron chi connectivity index (χ1n) is 4.86. The monoisotopic (exact) mass is 199 g/mol. The summed E-state index contributed by atoms with van der Waals surface area (Å²) in [5, 5.41) is 3.22. The van der Waals surface area contributed by atoms with Gasteiger partial charge in [-0.1, -0.05) is 19.1 Å². The Labute approximate surface area is 86.5 Å². The highest BCUT2D eigenvalue weighted by molar-refractivity contribution is 5.37. The van der Waals surface area contributed by atoms with Gasteiger partial charge in [0.2, 0.25) is 0 Å². The fourth-order valence-corrected chi connectivity index (χ4v) is 0.912. The van der Waals surface area contributed by atoms with Crippen LogP contribution in [0.4, 0.5) is 0 Å². The zero-order valence-corrected chi connectivity index (χ0v) is 9.59. The average molecular weight is 199 g/mol. The molecule has 1 heterocycles. The van der Waals surface area contributed by atoms with Crippen LogP contribution in [0.25, 0.3) is 0 Å². The van der Waals surface area contributed by atoms with Gasteiger partial charge in [0.15, 0.2) is 0 Å². The molecule has 1 aliphatic heterocycles. The van der Waals surface area contributed by atoms with E-state index >= 15 is 0 Å². The molecule has 0 spiro atoms. The summed E-state index contributed by atoms with van der Waals surface area (Å²) in [4.78, 5) is 9.60. The van der Waals surface area contributed by atoms with Crippen molar-refractivity contribution in [2.75, 3.05) is 13.1 Å². The smallest absolute Gasteiger partial charge is 0.293 e. The molecule has 3 nitrogen and oxygen atoms in total. The maximum atomic E-state index is 9.60. The van der Waals surface area contributed by atoms with Gasteiger partial charge in [0.05, 0.1) is 0 Å². The van der Waals surface area contributed by atoms with Crippen LogP contribution in [-0.2, 0) is 9.53 Å². The van der Waals surface area contributed by atoms with E-state index in [-0.39, 0.29) is 5.60 Å². The number of carbonyl (C=O) groups is 1. The standard InChI is InChI=1S/C6H11N.C5H10O2/c1-5-3-7-4-6(5)2;1-5(2,3)7-4-6/h6-7H,1,3-4H2,2H3;4H,1-3H3. The van der Waals surface area contributed by atoms with Crippen LogP contribution >= 0.6 is 0 Å². The van der Waals surface area contributed by atoms with Crippen LogP contribution in [0.15, 0.2) is 12.2 Å². The second kappa shape index (κ2) is 5.81. The highest BCUT2D eigenvalue weighted by Crippen LogP contribution is 2.10. The maximum Gasteiger partial charge on any atom is 0.293 e. The lowest BCUT2D eigenvalue weighted by atomic mass is 10.1. The molecule has 0 radical (unpaired) electrons. The van der Waals surface area contributed by atoms with Crippen molar-refractivity contribution in [3.63, 3.8) is 0 Å². The van der Waals surface area contributed by atoms with Crippen LogP contribution < -0.4 is 5.32 Å². The lowest BCUT2D eigenvalue weighted by molar-refractivity contribution is -0.138. The number of hydrogen-bond acceptors (Lipinski definition) is 3. The molecule has 1 atom stereocenters. The number of nitrogens with one attached hydrogen (secondary N) is 1. The fourth-order valence-electron chi connectivity index (χ4n) is 0.912. The van der Waals surface area contributed by atoms with Crippen molar-refractivity contribution >= 4 is 6.47 Å². The summed E-state index contributed by atoms with van der Waals surface area (Å²) in [6, 6.07) is 0. The van der Waals surface area contributed by atoms with Gasteiger partial charge in [0, 0.05) is 13.1 Å². The van der Waals surface area contributed by atoms with Crippen LogP contribution in [0.1, 0.15) is 27.7 Å². The van der Waals surface area contributed by atoms with Crippen LogP contribution in [-0.4, -0.2) is 25.2 Å². The summed E-state index contributed by atoms with van der Waals surface area (Å²) in [5.41, 5.74) is 1.03. The Morgan fingerprint density at radius 3 is 2.21 bits per heavy atom. The first-order chi connectivity index (χ1) is 6.37. The van der Waals surface area contributed by atoms with Gasteiger partial charge in [-0.2, -0.15) is 0 Å². The number of rotatable bonds is 1. The Bertz CT molecular complexity index is 194. The summed E-state index contributed by atoms with van der Waals surface area (Å²) in [5.74, 6) is 0.708. The molecule has 0 aliphatic carbocycles. The van der Waals surface area contributed by atoms with E-state index in [1.807, 2.05) is 20.8 Å². The van der Waals surface area contributed by atoms with Gasteiger partial charge in [-0.3, -0.25) is 4.79 Å². The Kier molecular flexibility index (Phi) is 5.46. The summed E-state index contributed by atoms with van der Waals surface area (Å²) >= 11 is 0. The summed E-state index contributed by atoms with van der Waals surface area (Å²) in [6.07, 6.45) is 0. The van der Waals surface area contributed by atoms with Crippen molar-refractivity contribution in [2.45, 2.75) is 33.3 Å². The van der Waals surface area contributed by atoms with E-state index in [4.69, 9.17) is 0 Å². The first-order valence-corrected chi connectivity index (χ1v) is 4.86. The molecule has 0 saturated carbocycles. The molecule has 1 rings (SSSR count). The van der Waals surface area contributed by atoms with E-state index in [1.54, 1.807) is 0 Å². The van der Waals surface area contributed by atoms with E-state index in [0.29, 0.717) is 12.4 Å². The number of carbonyl (C=O) groups excluding carboxylic acids is 1. The molecule has 1 unspecified atom stereocenters. The Morgan fingerprint density at radius 1 is 1.57 bits per heavy atom. The molecule has 1 aliphatic rings. The molecule has 1 saturated heterocycles. The second-order valence-electron chi connectivity index (χ2n) is 4.52. The average Bonchev–Trinajstić information content (AvgIpc) is 2.35. The minimum Gasteiger partial charge on any atom is -0.462 e. The molecule has 82 valence electrons. The topological polar surface area (TPSA) is 38.3 Å². The van der Waals surface area contributed by atoms with Gasteiger partial charge in [0.25, 0.3) is 6.47 Å². The SMILES string of the molecule is C=C1CNCC1C.CC(C)(C)OC=O. The maximum absolute atomic E-state index is 9.60. The molecule has 0 aromatic heterocycles. The first kappa shape index (κ1) is 13.2. The van der Waals surface area contributed by atoms with Crippen LogP contribution in [0.2, 0.25) is 0 Å². The van der Waals surface area contributed by atoms with Crippen LogP contribution in [0.3, 0.4) is 0 Å². The minimum atomic E-state index is -0.318. The summed E-state index contributed by atoms with van der Waals surface area (Å²) in [6.45, 7) is 14.1. The van der Waals surface area contributed by atoms with Gasteiger partial charge in [-0.25, -0.2) is 0 Å². The van der Waals surface area contributed by atoms with Gasteiger partial charge >= 0.3 is 0 Å². The van der Waals surface area contributed by atoms with Gasteiger partial charge in [-0.15, -0.1) is 0 Å². The molecule has 1 fully saturated rings. The van der Waals surface area contributed by atoms with Crippen molar-refractivity contribution in [1.29, 1.82) is 0 Å². The molecule has 14 heavy (non-hydrogen) atoms. The number of ether oxygens (including phenoxy) is 1. The summed E-state index contributed by atoms with van der Waals surface area (Å²) in [7, 11) is 0. The predicted octanol–water partition coefficient (Wildman–Crippen LogP) is 1.74. The third-order valence-corrected chi connectivity index (χ3v) is 1.90. The van der Waals surface area contributed by atoms with E-state index in [1.165, 1.54) is 5.57 Å². The van der Waals surface area contributed by atoms with E-state index in [0.717, 1.165) is 13.1 Å². The molecular formula is C11H21NO2. The van der Waals surface area contributed by atoms with Crippen molar-refractivity contribution < 1.29 is 9.53 Å². The lowest BCUT2D eigenvalue weighted by Crippen LogP contribution is -2.17. The molecule has 3 heteroatoms. The van der Waals surface area contributed by atoms with Gasteiger partial charge < -0.3 is 10.1 Å². The fraction of sp³-hybridized carbons (Fsp3) is 0.727. The molecular weight excluding hydrogens is 178 g/mol. The Balaban J connectivity index is 0.000000241. The highest BCUT2D eigenvalue weighted by atomic mass is 16.5. The van der Waals surface area contributed by atoms with E-state index in [2.05, 4.69) is 23.6 Å². The number of hydrogen-bond donors (Lipinski definition) is 1. The third-order valence-electron chi connectivity index (χ3n) is 1.90. The van der Waals surface area contributed by atoms with E-state index < -0.39 is 0 Å². The predicted molar refractivity (Wildman–Crippen MR) is 58.1 cm³/mol. The summed E-state index contributed by atoms with van der Waals surface area (Å²) < 4.78 is 4.55. The van der Waals surface area contributed by atoms with Gasteiger partial charge in [-0.05, 0) is 26.7 Å². The quantitative estimate of drug-likeness (QED) is 0.516. The lowest BCUT2D eigenvalue weighted by Gasteiger charge is -2.14. The third kappa shape index (κ3) is 6.66. The van der Waals surface area contributed by atoms with Crippen LogP contribution in [0.5, 0.6) is 0 Å². The zero-order chi connectivity index (χ0) is 11.2. The molecule has 0 aromatic rings. The minimum absolute atomic E-state index is 0.318. The van der Waals surface area contributed by atoms with Crippen LogP contribution in [0, 0.1) is 5.92 Å². The molecule has 0 bridgehead atoms. The molecule has 0 amide bonds. The van der Waals surface area contributed by atoms with E-state index in [9.17, 15) is 4.79 Å². The van der Waals surface area contributed by atoms with Crippen molar-refractivity contribution in [1.82, 2.24) is 5.32 Å². The van der Waals surface area contributed by atoms with Gasteiger partial charge in [0.1, 0.15) is 5.60 Å². The normalized spacial score (nSPS) is 21.1.